The van der Waals surface area contributed by atoms with Gasteiger partial charge in [-0.25, -0.2) is 0 Å². The van der Waals surface area contributed by atoms with E-state index < -0.39 is 4.92 Å². The van der Waals surface area contributed by atoms with Crippen molar-refractivity contribution in [3.8, 4) is 0 Å². The molecule has 2 N–H and O–H groups in total. The number of halogens is 1. The van der Waals surface area contributed by atoms with Gasteiger partial charge < -0.3 is 10.2 Å². The lowest BCUT2D eigenvalue weighted by molar-refractivity contribution is -0.383. The molecular formula is C8H7ClN2O3. The Morgan fingerprint density at radius 1 is 1.43 bits per heavy atom. The average Bonchev–Trinajstić information content (AvgIpc) is 2.49. The summed E-state index contributed by atoms with van der Waals surface area (Å²) >= 11 is 0. The summed E-state index contributed by atoms with van der Waals surface area (Å²) in [7, 11) is 0. The van der Waals surface area contributed by atoms with E-state index in [0.29, 0.717) is 11.1 Å². The number of hydrogen-bond donors (Lipinski definition) is 1. The van der Waals surface area contributed by atoms with E-state index in [-0.39, 0.29) is 23.7 Å². The van der Waals surface area contributed by atoms with Crippen molar-refractivity contribution in [2.75, 3.05) is 5.73 Å². The number of benzene rings is 1. The summed E-state index contributed by atoms with van der Waals surface area (Å²) in [5.41, 5.74) is 6.00. The maximum Gasteiger partial charge on any atom is 0.314 e. The molecule has 2 rings (SSSR count). The molecule has 0 saturated heterocycles. The Morgan fingerprint density at radius 2 is 2.14 bits per heavy atom. The molecule has 5 nitrogen and oxygen atoms in total. The Morgan fingerprint density at radius 3 is 2.79 bits per heavy atom. The second-order valence-electron chi connectivity index (χ2n) is 2.64. The van der Waals surface area contributed by atoms with Gasteiger partial charge in [0.05, 0.1) is 11.2 Å². The molecule has 0 radical (unpaired) electrons. The van der Waals surface area contributed by atoms with Crippen LogP contribution in [0, 0.1) is 10.1 Å². The minimum atomic E-state index is -0.512. The van der Waals surface area contributed by atoms with E-state index in [9.17, 15) is 10.1 Å². The predicted molar refractivity (Wildman–Crippen MR) is 54.5 cm³/mol. The summed E-state index contributed by atoms with van der Waals surface area (Å²) in [4.78, 5) is 10.0. The number of nitrogens with two attached hydrogens (primary N) is 1. The minimum Gasteiger partial charge on any atom is -0.457 e. The van der Waals surface area contributed by atoms with Gasteiger partial charge in [0, 0.05) is 17.1 Å². The first-order chi connectivity index (χ1) is 6.18. The highest BCUT2D eigenvalue weighted by atomic mass is 35.5. The quantitative estimate of drug-likeness (QED) is 0.449. The molecule has 0 atom stereocenters. The third-order valence-corrected chi connectivity index (χ3v) is 1.75. The number of hydrogen-bond acceptors (Lipinski definition) is 4. The Balaban J connectivity index is 0.000000980. The predicted octanol–water partition coefficient (Wildman–Crippen LogP) is 2.34. The SMILES string of the molecule is Cl.Nc1cc([N+](=O)[O-])c2occc2c1. The van der Waals surface area contributed by atoms with Gasteiger partial charge in [-0.3, -0.25) is 10.1 Å². The van der Waals surface area contributed by atoms with Gasteiger partial charge in [0.25, 0.3) is 0 Å². The smallest absolute Gasteiger partial charge is 0.314 e. The molecule has 6 heteroatoms. The van der Waals surface area contributed by atoms with Crippen LogP contribution in [0.2, 0.25) is 0 Å². The lowest BCUT2D eigenvalue weighted by Crippen LogP contribution is -1.91. The molecule has 0 spiro atoms. The molecule has 0 unspecified atom stereocenters. The molecule has 0 saturated carbocycles. The topological polar surface area (TPSA) is 82.3 Å². The molecule has 0 aliphatic carbocycles. The van der Waals surface area contributed by atoms with Crippen molar-refractivity contribution in [2.24, 2.45) is 0 Å². The monoisotopic (exact) mass is 214 g/mol. The van der Waals surface area contributed by atoms with Crippen LogP contribution in [-0.4, -0.2) is 4.92 Å². The molecule has 0 amide bonds. The van der Waals surface area contributed by atoms with E-state index in [1.165, 1.54) is 12.3 Å². The maximum absolute atomic E-state index is 10.6. The fraction of sp³-hybridized carbons (Fsp3) is 0. The Hall–Kier alpha value is -1.75. The minimum absolute atomic E-state index is 0. The van der Waals surface area contributed by atoms with Crippen LogP contribution in [0.15, 0.2) is 28.9 Å². The first kappa shape index (κ1) is 10.3. The lowest BCUT2D eigenvalue weighted by Gasteiger charge is -1.94. The average molecular weight is 215 g/mol. The zero-order valence-corrected chi connectivity index (χ0v) is 7.78. The summed E-state index contributed by atoms with van der Waals surface area (Å²) in [6.07, 6.45) is 1.40. The van der Waals surface area contributed by atoms with E-state index in [1.807, 2.05) is 0 Å². The van der Waals surface area contributed by atoms with E-state index in [1.54, 1.807) is 12.1 Å². The highest BCUT2D eigenvalue weighted by Gasteiger charge is 2.15. The second kappa shape index (κ2) is 3.55. The molecular weight excluding hydrogens is 208 g/mol. The number of rotatable bonds is 1. The van der Waals surface area contributed by atoms with Crippen LogP contribution in [0.1, 0.15) is 0 Å². The van der Waals surface area contributed by atoms with Gasteiger partial charge in [-0.05, 0) is 12.1 Å². The van der Waals surface area contributed by atoms with Crippen molar-refractivity contribution in [1.82, 2.24) is 0 Å². The second-order valence-corrected chi connectivity index (χ2v) is 2.64. The zero-order chi connectivity index (χ0) is 9.42. The van der Waals surface area contributed by atoms with Gasteiger partial charge in [0.1, 0.15) is 0 Å². The summed E-state index contributed by atoms with van der Waals surface area (Å²) < 4.78 is 4.97. The maximum atomic E-state index is 10.6. The van der Waals surface area contributed by atoms with Crippen molar-refractivity contribution < 1.29 is 9.34 Å². The Labute approximate surface area is 85.1 Å². The molecule has 74 valence electrons. The molecule has 1 aromatic carbocycles. The number of nitro groups is 1. The largest absolute Gasteiger partial charge is 0.457 e. The number of nitrogens with zero attached hydrogens (tertiary/aromatic N) is 1. The van der Waals surface area contributed by atoms with Crippen LogP contribution in [0.5, 0.6) is 0 Å². The van der Waals surface area contributed by atoms with Crippen LogP contribution in [-0.2, 0) is 0 Å². The first-order valence-corrected chi connectivity index (χ1v) is 3.59. The fourth-order valence-corrected chi connectivity index (χ4v) is 1.22. The van der Waals surface area contributed by atoms with Crippen molar-refractivity contribution in [2.45, 2.75) is 0 Å². The number of fused-ring (bicyclic) bond motifs is 1. The number of nitrogen functional groups attached to an aromatic ring is 1. The highest BCUT2D eigenvalue weighted by Crippen LogP contribution is 2.28. The van der Waals surface area contributed by atoms with Gasteiger partial charge in [-0.2, -0.15) is 0 Å². The molecule has 14 heavy (non-hydrogen) atoms. The molecule has 2 aromatic rings. The summed E-state index contributed by atoms with van der Waals surface area (Å²) in [6, 6.07) is 4.55. The molecule has 0 aliphatic heterocycles. The standard InChI is InChI=1S/C8H6N2O3.ClH/c9-6-3-5-1-2-13-8(5)7(4-6)10(11)12;/h1-4H,9H2;1H. The number of anilines is 1. The van der Waals surface area contributed by atoms with Gasteiger partial charge in [0.2, 0.25) is 5.58 Å². The van der Waals surface area contributed by atoms with E-state index >= 15 is 0 Å². The van der Waals surface area contributed by atoms with Crippen LogP contribution in [0.4, 0.5) is 11.4 Å². The zero-order valence-electron chi connectivity index (χ0n) is 6.97. The third kappa shape index (κ3) is 1.49. The highest BCUT2D eigenvalue weighted by molar-refractivity contribution is 5.88. The van der Waals surface area contributed by atoms with Crippen LogP contribution in [0.3, 0.4) is 0 Å². The summed E-state index contributed by atoms with van der Waals surface area (Å²) in [5.74, 6) is 0. The number of nitro benzene ring substituents is 1. The summed E-state index contributed by atoms with van der Waals surface area (Å²) in [5, 5.41) is 11.2. The normalized spacial score (nSPS) is 9.71. The van der Waals surface area contributed by atoms with Gasteiger partial charge in [0.15, 0.2) is 0 Å². The van der Waals surface area contributed by atoms with Gasteiger partial charge >= 0.3 is 5.69 Å². The van der Waals surface area contributed by atoms with Crippen LogP contribution < -0.4 is 5.73 Å². The van der Waals surface area contributed by atoms with E-state index in [0.717, 1.165) is 0 Å². The number of furan rings is 1. The fourth-order valence-electron chi connectivity index (χ4n) is 1.22. The number of non-ortho nitro benzene ring substituents is 1. The molecule has 0 bridgehead atoms. The van der Waals surface area contributed by atoms with Crippen molar-refractivity contribution in [3.63, 3.8) is 0 Å². The summed E-state index contributed by atoms with van der Waals surface area (Å²) in [6.45, 7) is 0. The van der Waals surface area contributed by atoms with Gasteiger partial charge in [-0.15, -0.1) is 12.4 Å². The van der Waals surface area contributed by atoms with Crippen LogP contribution >= 0.6 is 12.4 Å². The van der Waals surface area contributed by atoms with Crippen molar-refractivity contribution in [1.29, 1.82) is 0 Å². The third-order valence-electron chi connectivity index (χ3n) is 1.75. The van der Waals surface area contributed by atoms with E-state index in [2.05, 4.69) is 0 Å². The van der Waals surface area contributed by atoms with Crippen molar-refractivity contribution in [3.05, 3.63) is 34.6 Å². The van der Waals surface area contributed by atoms with Crippen LogP contribution in [0.25, 0.3) is 11.0 Å². The molecule has 1 heterocycles. The van der Waals surface area contributed by atoms with Crippen molar-refractivity contribution >= 4 is 34.8 Å². The molecule has 1 aromatic heterocycles. The van der Waals surface area contributed by atoms with Gasteiger partial charge in [-0.1, -0.05) is 0 Å². The molecule has 0 fully saturated rings. The van der Waals surface area contributed by atoms with E-state index in [4.69, 9.17) is 10.2 Å². The Bertz CT molecular complexity index is 480. The lowest BCUT2D eigenvalue weighted by atomic mass is 10.2. The Kier molecular flexibility index (Phi) is 2.62. The molecule has 0 aliphatic rings. The first-order valence-electron chi connectivity index (χ1n) is 3.59.